The molecule has 0 spiro atoms. The minimum absolute atomic E-state index is 0.149. The second-order valence-electron chi connectivity index (χ2n) is 3.40. The van der Waals surface area contributed by atoms with Crippen LogP contribution in [0.1, 0.15) is 0 Å². The van der Waals surface area contributed by atoms with Gasteiger partial charge in [0.15, 0.2) is 0 Å². The minimum atomic E-state index is -0.721. The molecule has 0 saturated carbocycles. The maximum atomic E-state index is 13.5. The van der Waals surface area contributed by atoms with E-state index >= 15 is 0 Å². The number of rotatable bonds is 3. The van der Waals surface area contributed by atoms with E-state index in [-0.39, 0.29) is 32.6 Å². The number of nitrogens with zero attached hydrogens (tertiary/aromatic N) is 2. The maximum Gasteiger partial charge on any atom is 0.260 e. The predicted molar refractivity (Wildman–Crippen MR) is 73.1 cm³/mol. The van der Waals surface area contributed by atoms with Crippen LogP contribution in [0.5, 0.6) is 11.6 Å². The second kappa shape index (κ2) is 5.77. The predicted octanol–water partition coefficient (Wildman–Crippen LogP) is 4.41. The summed E-state index contributed by atoms with van der Waals surface area (Å²) in [5, 5.41) is 3.38. The molecule has 19 heavy (non-hydrogen) atoms. The Morgan fingerprint density at radius 2 is 1.84 bits per heavy atom. The summed E-state index contributed by atoms with van der Waals surface area (Å²) in [6.45, 7) is 0. The lowest BCUT2D eigenvalue weighted by molar-refractivity contribution is 0.421. The quantitative estimate of drug-likeness (QED) is 0.850. The van der Waals surface area contributed by atoms with Gasteiger partial charge in [0.05, 0.1) is 21.3 Å². The van der Waals surface area contributed by atoms with E-state index in [2.05, 4.69) is 15.3 Å². The van der Waals surface area contributed by atoms with Gasteiger partial charge in [-0.2, -0.15) is 9.37 Å². The molecule has 0 atom stereocenters. The standard InChI is InChI=1S/C11H7Cl3FN3O/c1-16-11-17-4-8(15)10(18-11)19-9-3-6(13)5(12)2-7(9)14/h2-4H,1H3,(H,16,17,18). The zero-order valence-corrected chi connectivity index (χ0v) is 11.8. The number of anilines is 1. The minimum Gasteiger partial charge on any atom is -0.435 e. The average Bonchev–Trinajstić information content (AvgIpc) is 2.38. The first-order valence-electron chi connectivity index (χ1n) is 5.04. The fraction of sp³-hybridized carbons (Fsp3) is 0.0909. The molecular formula is C11H7Cl3FN3O. The van der Waals surface area contributed by atoms with Gasteiger partial charge in [-0.1, -0.05) is 34.8 Å². The Morgan fingerprint density at radius 1 is 1.16 bits per heavy atom. The molecule has 8 heteroatoms. The van der Waals surface area contributed by atoms with E-state index in [9.17, 15) is 4.39 Å². The molecular weight excluding hydrogens is 315 g/mol. The number of aromatic nitrogens is 2. The van der Waals surface area contributed by atoms with Crippen LogP contribution in [0.2, 0.25) is 15.1 Å². The highest BCUT2D eigenvalue weighted by Gasteiger charge is 2.13. The van der Waals surface area contributed by atoms with Crippen LogP contribution in [0.15, 0.2) is 18.3 Å². The van der Waals surface area contributed by atoms with E-state index in [0.29, 0.717) is 0 Å². The van der Waals surface area contributed by atoms with Crippen LogP contribution in [-0.4, -0.2) is 17.0 Å². The molecule has 0 aliphatic carbocycles. The molecule has 0 bridgehead atoms. The lowest BCUT2D eigenvalue weighted by atomic mass is 10.3. The normalized spacial score (nSPS) is 10.4. The van der Waals surface area contributed by atoms with Crippen LogP contribution in [0.25, 0.3) is 0 Å². The van der Waals surface area contributed by atoms with Crippen molar-refractivity contribution in [3.63, 3.8) is 0 Å². The van der Waals surface area contributed by atoms with Crippen molar-refractivity contribution in [2.75, 3.05) is 12.4 Å². The number of ether oxygens (including phenoxy) is 1. The molecule has 1 N–H and O–H groups in total. The highest BCUT2D eigenvalue weighted by molar-refractivity contribution is 6.43. The molecule has 0 aliphatic rings. The SMILES string of the molecule is CNc1ncc(F)c(Oc2cc(Cl)c(Cl)cc2Cl)n1. The van der Waals surface area contributed by atoms with Gasteiger partial charge in [-0.3, -0.25) is 0 Å². The first-order valence-corrected chi connectivity index (χ1v) is 6.17. The molecule has 1 aromatic heterocycles. The molecule has 4 nitrogen and oxygen atoms in total. The van der Waals surface area contributed by atoms with E-state index in [1.807, 2.05) is 0 Å². The van der Waals surface area contributed by atoms with Crippen LogP contribution in [-0.2, 0) is 0 Å². The van der Waals surface area contributed by atoms with Crippen molar-refractivity contribution in [2.24, 2.45) is 0 Å². The number of nitrogens with one attached hydrogen (secondary N) is 1. The van der Waals surface area contributed by atoms with Crippen LogP contribution in [0.3, 0.4) is 0 Å². The summed E-state index contributed by atoms with van der Waals surface area (Å²) in [7, 11) is 1.60. The Labute approximate surface area is 123 Å². The van der Waals surface area contributed by atoms with Gasteiger partial charge in [-0.25, -0.2) is 4.98 Å². The van der Waals surface area contributed by atoms with Crippen LogP contribution >= 0.6 is 34.8 Å². The summed E-state index contributed by atoms with van der Waals surface area (Å²) in [6, 6.07) is 2.78. The van der Waals surface area contributed by atoms with Crippen molar-refractivity contribution >= 4 is 40.8 Å². The highest BCUT2D eigenvalue weighted by Crippen LogP contribution is 2.36. The number of hydrogen-bond acceptors (Lipinski definition) is 4. The lowest BCUT2D eigenvalue weighted by Crippen LogP contribution is -2.00. The molecule has 1 heterocycles. The van der Waals surface area contributed by atoms with Gasteiger partial charge >= 0.3 is 0 Å². The molecule has 0 saturated heterocycles. The van der Waals surface area contributed by atoms with E-state index in [4.69, 9.17) is 39.5 Å². The molecule has 0 amide bonds. The maximum absolute atomic E-state index is 13.5. The number of benzene rings is 1. The third kappa shape index (κ3) is 3.18. The van der Waals surface area contributed by atoms with E-state index in [0.717, 1.165) is 6.20 Å². The monoisotopic (exact) mass is 321 g/mol. The topological polar surface area (TPSA) is 47.0 Å². The van der Waals surface area contributed by atoms with Crippen molar-refractivity contribution < 1.29 is 9.13 Å². The Bertz CT molecular complexity index is 624. The summed E-state index contributed by atoms with van der Waals surface area (Å²) in [5.41, 5.74) is 0. The summed E-state index contributed by atoms with van der Waals surface area (Å²) in [5.74, 6) is -0.621. The van der Waals surface area contributed by atoms with Gasteiger partial charge in [0.2, 0.25) is 11.8 Å². The number of hydrogen-bond donors (Lipinski definition) is 1. The Morgan fingerprint density at radius 3 is 2.53 bits per heavy atom. The Kier molecular flexibility index (Phi) is 4.29. The number of halogens is 4. The van der Waals surface area contributed by atoms with Crippen molar-refractivity contribution in [1.82, 2.24) is 9.97 Å². The van der Waals surface area contributed by atoms with E-state index in [1.165, 1.54) is 12.1 Å². The van der Waals surface area contributed by atoms with E-state index < -0.39 is 5.82 Å². The molecule has 0 aliphatic heterocycles. The molecule has 0 radical (unpaired) electrons. The molecule has 2 rings (SSSR count). The van der Waals surface area contributed by atoms with Crippen molar-refractivity contribution in [3.05, 3.63) is 39.2 Å². The smallest absolute Gasteiger partial charge is 0.260 e. The molecule has 2 aromatic rings. The largest absolute Gasteiger partial charge is 0.435 e. The molecule has 1 aromatic carbocycles. The fourth-order valence-electron chi connectivity index (χ4n) is 1.23. The van der Waals surface area contributed by atoms with Gasteiger partial charge in [-0.15, -0.1) is 0 Å². The lowest BCUT2D eigenvalue weighted by Gasteiger charge is -2.09. The second-order valence-corrected chi connectivity index (χ2v) is 4.62. The highest BCUT2D eigenvalue weighted by atomic mass is 35.5. The summed E-state index contributed by atoms with van der Waals surface area (Å²) >= 11 is 17.6. The third-order valence-corrected chi connectivity index (χ3v) is 3.13. The average molecular weight is 323 g/mol. The summed E-state index contributed by atoms with van der Waals surface area (Å²) in [4.78, 5) is 7.52. The van der Waals surface area contributed by atoms with E-state index in [1.54, 1.807) is 7.05 Å². The van der Waals surface area contributed by atoms with Gasteiger partial charge in [0.1, 0.15) is 5.75 Å². The van der Waals surface area contributed by atoms with Crippen LogP contribution in [0.4, 0.5) is 10.3 Å². The zero-order valence-electron chi connectivity index (χ0n) is 9.55. The van der Waals surface area contributed by atoms with Crippen molar-refractivity contribution in [3.8, 4) is 11.6 Å². The first kappa shape index (κ1) is 14.1. The van der Waals surface area contributed by atoms with Gasteiger partial charge in [0, 0.05) is 13.1 Å². The van der Waals surface area contributed by atoms with Crippen LogP contribution in [0, 0.1) is 5.82 Å². The van der Waals surface area contributed by atoms with Gasteiger partial charge < -0.3 is 10.1 Å². The zero-order chi connectivity index (χ0) is 14.0. The Hall–Kier alpha value is -1.30. The van der Waals surface area contributed by atoms with Crippen molar-refractivity contribution in [1.29, 1.82) is 0 Å². The fourth-order valence-corrected chi connectivity index (χ4v) is 1.81. The van der Waals surface area contributed by atoms with Crippen molar-refractivity contribution in [2.45, 2.75) is 0 Å². The molecule has 0 fully saturated rings. The Balaban J connectivity index is 2.38. The third-order valence-electron chi connectivity index (χ3n) is 2.12. The summed E-state index contributed by atoms with van der Waals surface area (Å²) < 4.78 is 18.8. The first-order chi connectivity index (χ1) is 9.01. The van der Waals surface area contributed by atoms with Crippen LogP contribution < -0.4 is 10.1 Å². The van der Waals surface area contributed by atoms with Gasteiger partial charge in [-0.05, 0) is 6.07 Å². The summed E-state index contributed by atoms with van der Waals surface area (Å²) in [6.07, 6.45) is 0.986. The molecule has 100 valence electrons. The molecule has 0 unspecified atom stereocenters. The van der Waals surface area contributed by atoms with Gasteiger partial charge in [0.25, 0.3) is 5.88 Å².